The fourth-order valence-electron chi connectivity index (χ4n) is 6.92. The molecule has 33 heavy (non-hydrogen) atoms. The molecule has 4 saturated carbocycles. The number of amides is 3. The number of rotatable bonds is 3. The van der Waals surface area contributed by atoms with E-state index in [4.69, 9.17) is 4.99 Å². The summed E-state index contributed by atoms with van der Waals surface area (Å²) in [6.45, 7) is 0. The largest absolute Gasteiger partial charge is 0.335 e. The summed E-state index contributed by atoms with van der Waals surface area (Å²) in [7, 11) is 1.75. The lowest BCUT2D eigenvalue weighted by atomic mass is 9.54. The van der Waals surface area contributed by atoms with Gasteiger partial charge in [0.05, 0.1) is 11.4 Å². The highest BCUT2D eigenvalue weighted by Gasteiger charge is 2.48. The van der Waals surface area contributed by atoms with E-state index >= 15 is 0 Å². The van der Waals surface area contributed by atoms with Crippen LogP contribution in [0.4, 0.5) is 10.5 Å². The van der Waals surface area contributed by atoms with Crippen LogP contribution in [-0.4, -0.2) is 36.9 Å². The number of hydrogen-bond acceptors (Lipinski definition) is 3. The number of para-hydroxylation sites is 1. The number of benzene rings is 2. The minimum Gasteiger partial charge on any atom is -0.335 e. The molecular formula is C27H30N4O2. The van der Waals surface area contributed by atoms with Gasteiger partial charge in [0, 0.05) is 24.2 Å². The number of carbonyl (C=O) groups is 2. The molecule has 1 aliphatic heterocycles. The fraction of sp³-hybridized carbons (Fsp3) is 0.444. The van der Waals surface area contributed by atoms with Crippen molar-refractivity contribution in [3.8, 4) is 0 Å². The van der Waals surface area contributed by atoms with E-state index in [0.29, 0.717) is 17.5 Å². The zero-order chi connectivity index (χ0) is 22.5. The van der Waals surface area contributed by atoms with Gasteiger partial charge in [0.2, 0.25) is 6.17 Å². The number of carbonyl (C=O) groups excluding carboxylic acids is 2. The van der Waals surface area contributed by atoms with Gasteiger partial charge in [-0.05, 0) is 61.8 Å². The molecule has 0 radical (unpaired) electrons. The monoisotopic (exact) mass is 442 g/mol. The maximum Gasteiger partial charge on any atom is 0.317 e. The number of anilines is 1. The SMILES string of the molecule is CN1C(=O)C(NC(=O)NC2C3CC4CC(C3)CC2C4)N=C(c2ccccc2)c2ccccc21. The standard InChI is InChI=1S/C27H30N4O2/c1-31-22-10-6-5-9-21(22)24(18-7-3-2-4-8-18)28-25(26(31)32)30-27(33)29-23-19-12-16-11-17(14-19)15-20(23)13-16/h2-10,16-17,19-20,23,25H,11-15H2,1H3,(H2,29,30,33). The molecular weight excluding hydrogens is 412 g/mol. The minimum atomic E-state index is -0.977. The number of nitrogens with zero attached hydrogens (tertiary/aromatic N) is 2. The van der Waals surface area contributed by atoms with E-state index in [9.17, 15) is 9.59 Å². The summed E-state index contributed by atoms with van der Waals surface area (Å²) in [5.74, 6) is 2.61. The van der Waals surface area contributed by atoms with Crippen LogP contribution in [0.25, 0.3) is 0 Å². The van der Waals surface area contributed by atoms with Gasteiger partial charge in [-0.15, -0.1) is 0 Å². The van der Waals surface area contributed by atoms with Crippen molar-refractivity contribution in [3.05, 3.63) is 65.7 Å². The minimum absolute atomic E-state index is 0.214. The lowest BCUT2D eigenvalue weighted by Crippen LogP contribution is -2.59. The van der Waals surface area contributed by atoms with Crippen molar-refractivity contribution in [1.82, 2.24) is 10.6 Å². The first kappa shape index (κ1) is 20.5. The van der Waals surface area contributed by atoms with Gasteiger partial charge in [0.1, 0.15) is 0 Å². The van der Waals surface area contributed by atoms with Crippen LogP contribution in [0.15, 0.2) is 59.6 Å². The van der Waals surface area contributed by atoms with Crippen molar-refractivity contribution in [2.24, 2.45) is 28.7 Å². The summed E-state index contributed by atoms with van der Waals surface area (Å²) < 4.78 is 0. The van der Waals surface area contributed by atoms with E-state index in [2.05, 4.69) is 10.6 Å². The van der Waals surface area contributed by atoms with Crippen LogP contribution in [0.1, 0.15) is 43.2 Å². The van der Waals surface area contributed by atoms with Crippen molar-refractivity contribution >= 4 is 23.3 Å². The van der Waals surface area contributed by atoms with Gasteiger partial charge in [0.25, 0.3) is 5.91 Å². The highest BCUT2D eigenvalue weighted by molar-refractivity contribution is 6.20. The van der Waals surface area contributed by atoms with E-state index in [1.165, 1.54) is 32.1 Å². The van der Waals surface area contributed by atoms with Crippen molar-refractivity contribution in [2.75, 3.05) is 11.9 Å². The third-order valence-electron chi connectivity index (χ3n) is 8.18. The second-order valence-corrected chi connectivity index (χ2v) is 10.2. The third-order valence-corrected chi connectivity index (χ3v) is 8.18. The molecule has 0 saturated heterocycles. The van der Waals surface area contributed by atoms with Crippen LogP contribution in [0.5, 0.6) is 0 Å². The highest BCUT2D eigenvalue weighted by Crippen LogP contribution is 2.53. The Hall–Kier alpha value is -3.15. The molecule has 4 fully saturated rings. The fourth-order valence-corrected chi connectivity index (χ4v) is 6.92. The average molecular weight is 443 g/mol. The number of urea groups is 1. The second kappa shape index (κ2) is 8.01. The topological polar surface area (TPSA) is 73.8 Å². The summed E-state index contributed by atoms with van der Waals surface area (Å²) >= 11 is 0. The lowest BCUT2D eigenvalue weighted by Gasteiger charge is -2.54. The smallest absolute Gasteiger partial charge is 0.317 e. The quantitative estimate of drug-likeness (QED) is 0.755. The first-order valence-corrected chi connectivity index (χ1v) is 12.1. The number of hydrogen-bond donors (Lipinski definition) is 2. The van der Waals surface area contributed by atoms with E-state index in [-0.39, 0.29) is 18.0 Å². The molecule has 6 nitrogen and oxygen atoms in total. The molecule has 1 unspecified atom stereocenters. The summed E-state index contributed by atoms with van der Waals surface area (Å²) in [6, 6.07) is 17.5. The van der Waals surface area contributed by atoms with Gasteiger partial charge in [0.15, 0.2) is 0 Å². The third kappa shape index (κ3) is 3.62. The molecule has 6 heteroatoms. The molecule has 5 aliphatic rings. The van der Waals surface area contributed by atoms with Crippen LogP contribution in [0.3, 0.4) is 0 Å². The van der Waals surface area contributed by atoms with E-state index in [1.807, 2.05) is 54.6 Å². The highest BCUT2D eigenvalue weighted by atomic mass is 16.2. The van der Waals surface area contributed by atoms with Crippen LogP contribution < -0.4 is 15.5 Å². The maximum atomic E-state index is 13.3. The molecule has 170 valence electrons. The molecule has 2 aromatic carbocycles. The van der Waals surface area contributed by atoms with Gasteiger partial charge in [-0.2, -0.15) is 0 Å². The zero-order valence-electron chi connectivity index (χ0n) is 18.9. The number of benzodiazepines with no additional fused rings is 1. The zero-order valence-corrected chi connectivity index (χ0v) is 18.9. The van der Waals surface area contributed by atoms with Gasteiger partial charge in [-0.25, -0.2) is 9.79 Å². The van der Waals surface area contributed by atoms with Crippen LogP contribution in [0, 0.1) is 23.7 Å². The molecule has 4 bridgehead atoms. The predicted octanol–water partition coefficient (Wildman–Crippen LogP) is 3.95. The predicted molar refractivity (Wildman–Crippen MR) is 128 cm³/mol. The second-order valence-electron chi connectivity index (χ2n) is 10.2. The van der Waals surface area contributed by atoms with Gasteiger partial charge in [-0.3, -0.25) is 4.79 Å². The van der Waals surface area contributed by atoms with Crippen molar-refractivity contribution < 1.29 is 9.59 Å². The number of nitrogens with one attached hydrogen (secondary N) is 2. The van der Waals surface area contributed by atoms with Crippen molar-refractivity contribution in [3.63, 3.8) is 0 Å². The van der Waals surface area contributed by atoms with Crippen LogP contribution in [-0.2, 0) is 4.79 Å². The van der Waals surface area contributed by atoms with Crippen LogP contribution in [0.2, 0.25) is 0 Å². The summed E-state index contributed by atoms with van der Waals surface area (Å²) in [4.78, 5) is 32.9. The van der Waals surface area contributed by atoms with Gasteiger partial charge in [-0.1, -0.05) is 48.5 Å². The maximum absolute atomic E-state index is 13.3. The Morgan fingerprint density at radius 2 is 1.52 bits per heavy atom. The van der Waals surface area contributed by atoms with E-state index in [0.717, 1.165) is 28.7 Å². The summed E-state index contributed by atoms with van der Waals surface area (Å²) in [5, 5.41) is 6.15. The Bertz CT molecular complexity index is 1080. The molecule has 3 amide bonds. The molecule has 7 rings (SSSR count). The molecule has 0 aromatic heterocycles. The summed E-state index contributed by atoms with van der Waals surface area (Å²) in [5.41, 5.74) is 3.30. The number of fused-ring (bicyclic) bond motifs is 1. The van der Waals surface area contributed by atoms with Gasteiger partial charge < -0.3 is 15.5 Å². The molecule has 2 N–H and O–H groups in total. The number of aliphatic imine (C=N–C) groups is 1. The Morgan fingerprint density at radius 3 is 2.21 bits per heavy atom. The summed E-state index contributed by atoms with van der Waals surface area (Å²) in [6.07, 6.45) is 5.33. The molecule has 0 spiro atoms. The Labute approximate surface area is 194 Å². The average Bonchev–Trinajstić information content (AvgIpc) is 2.92. The van der Waals surface area contributed by atoms with Gasteiger partial charge >= 0.3 is 6.03 Å². The normalized spacial score (nSPS) is 32.1. The molecule has 2 aromatic rings. The first-order chi connectivity index (χ1) is 16.1. The molecule has 4 aliphatic carbocycles. The van der Waals surface area contributed by atoms with Crippen molar-refractivity contribution in [2.45, 2.75) is 44.3 Å². The van der Waals surface area contributed by atoms with E-state index < -0.39 is 6.17 Å². The molecule has 1 atom stereocenters. The Balaban J connectivity index is 1.27. The number of likely N-dealkylation sites (N-methyl/N-ethyl adjacent to an activating group) is 1. The first-order valence-electron chi connectivity index (χ1n) is 12.1. The lowest BCUT2D eigenvalue weighted by molar-refractivity contribution is -0.119. The Kier molecular flexibility index (Phi) is 4.97. The molecule has 1 heterocycles. The van der Waals surface area contributed by atoms with Crippen molar-refractivity contribution in [1.29, 1.82) is 0 Å². The van der Waals surface area contributed by atoms with E-state index in [1.54, 1.807) is 11.9 Å². The van der Waals surface area contributed by atoms with Crippen LogP contribution >= 0.6 is 0 Å². The Morgan fingerprint density at radius 1 is 0.879 bits per heavy atom.